The van der Waals surface area contributed by atoms with Gasteiger partial charge in [0.2, 0.25) is 18.2 Å². The molecule has 180 valence electrons. The van der Waals surface area contributed by atoms with Crippen molar-refractivity contribution in [1.29, 1.82) is 0 Å². The molecule has 2 unspecified atom stereocenters. The maximum Gasteiger partial charge on any atom is 0.248 e. The average molecular weight is 468 g/mol. The number of rotatable bonds is 9. The van der Waals surface area contributed by atoms with E-state index in [2.05, 4.69) is 25.7 Å². The van der Waals surface area contributed by atoms with Gasteiger partial charge >= 0.3 is 0 Å². The fourth-order valence-corrected chi connectivity index (χ4v) is 4.65. The number of amides is 3. The number of nitrogens with zero attached hydrogens (tertiary/aromatic N) is 5. The highest BCUT2D eigenvalue weighted by molar-refractivity contribution is 5.97. The Morgan fingerprint density at radius 2 is 1.97 bits per heavy atom. The highest BCUT2D eigenvalue weighted by atomic mass is 16.5. The smallest absolute Gasteiger partial charge is 0.248 e. The van der Waals surface area contributed by atoms with Crippen LogP contribution < -0.4 is 10.7 Å². The fourth-order valence-electron chi connectivity index (χ4n) is 4.65. The maximum absolute atomic E-state index is 13.4. The van der Waals surface area contributed by atoms with Gasteiger partial charge in [0.25, 0.3) is 0 Å². The number of carbonyl (C=O) groups is 3. The summed E-state index contributed by atoms with van der Waals surface area (Å²) >= 11 is 0. The zero-order chi connectivity index (χ0) is 23.9. The van der Waals surface area contributed by atoms with E-state index < -0.39 is 12.0 Å². The van der Waals surface area contributed by atoms with E-state index in [1.807, 2.05) is 6.07 Å². The molecule has 2 atom stereocenters. The van der Waals surface area contributed by atoms with Crippen molar-refractivity contribution in [2.24, 2.45) is 11.8 Å². The van der Waals surface area contributed by atoms with Crippen molar-refractivity contribution in [3.05, 3.63) is 36.8 Å². The van der Waals surface area contributed by atoms with Gasteiger partial charge in [0.1, 0.15) is 11.7 Å². The molecule has 0 aromatic carbocycles. The first-order valence-electron chi connectivity index (χ1n) is 11.6. The van der Waals surface area contributed by atoms with Gasteiger partial charge in [0.05, 0.1) is 30.5 Å². The Morgan fingerprint density at radius 1 is 1.21 bits per heavy atom. The van der Waals surface area contributed by atoms with Gasteiger partial charge in [-0.1, -0.05) is 31.7 Å². The SMILES string of the molecule is O=CN(O)CC(CC1CCCC1)C(=O)N1NCCC1C(=O)Nc1cnc(-c2ccccn2)nc1. The molecular weight excluding hydrogens is 438 g/mol. The topological polar surface area (TPSA) is 141 Å². The van der Waals surface area contributed by atoms with Crippen LogP contribution >= 0.6 is 0 Å². The number of hydrogen-bond donors (Lipinski definition) is 3. The third kappa shape index (κ3) is 5.72. The Morgan fingerprint density at radius 3 is 2.65 bits per heavy atom. The zero-order valence-electron chi connectivity index (χ0n) is 18.8. The van der Waals surface area contributed by atoms with Crippen LogP contribution in [0.4, 0.5) is 5.69 Å². The van der Waals surface area contributed by atoms with Crippen molar-refractivity contribution >= 4 is 23.9 Å². The molecule has 1 saturated carbocycles. The second-order valence-corrected chi connectivity index (χ2v) is 8.73. The number of hydrogen-bond acceptors (Lipinski definition) is 8. The monoisotopic (exact) mass is 467 g/mol. The van der Waals surface area contributed by atoms with Gasteiger partial charge in [0, 0.05) is 12.7 Å². The van der Waals surface area contributed by atoms with Crippen LogP contribution in [0.5, 0.6) is 0 Å². The molecule has 0 bridgehead atoms. The van der Waals surface area contributed by atoms with Gasteiger partial charge in [-0.15, -0.1) is 0 Å². The predicted molar refractivity (Wildman–Crippen MR) is 122 cm³/mol. The molecule has 4 rings (SSSR count). The number of anilines is 1. The fraction of sp³-hybridized carbons (Fsp3) is 0.478. The molecule has 1 aliphatic heterocycles. The quantitative estimate of drug-likeness (QED) is 0.287. The number of hydrazine groups is 1. The van der Waals surface area contributed by atoms with Crippen LogP contribution in [0.2, 0.25) is 0 Å². The summed E-state index contributed by atoms with van der Waals surface area (Å²) in [5.74, 6) is -0.439. The van der Waals surface area contributed by atoms with E-state index in [9.17, 15) is 19.6 Å². The van der Waals surface area contributed by atoms with E-state index in [1.165, 1.54) is 17.4 Å². The van der Waals surface area contributed by atoms with E-state index in [0.29, 0.717) is 54.0 Å². The standard InChI is InChI=1S/C23H29N7O4/c31-15-29(34)14-17(11-16-5-1-2-6-16)23(33)30-20(8-10-27-30)22(32)28-18-12-25-21(26-13-18)19-7-3-4-9-24-19/h3-4,7,9,12-13,15-17,20,27,34H,1-2,5-6,8,10-11,14H2,(H,28,32). The molecule has 11 heteroatoms. The lowest BCUT2D eigenvalue weighted by atomic mass is 9.92. The molecule has 2 aromatic heterocycles. The summed E-state index contributed by atoms with van der Waals surface area (Å²) in [4.78, 5) is 50.0. The van der Waals surface area contributed by atoms with Crippen LogP contribution in [0.15, 0.2) is 36.8 Å². The lowest BCUT2D eigenvalue weighted by Crippen LogP contribution is -2.51. The second kappa shape index (κ2) is 11.1. The van der Waals surface area contributed by atoms with Gasteiger partial charge in [-0.3, -0.25) is 29.6 Å². The van der Waals surface area contributed by atoms with Gasteiger partial charge in [-0.25, -0.2) is 20.5 Å². The lowest BCUT2D eigenvalue weighted by molar-refractivity contribution is -0.159. The average Bonchev–Trinajstić information content (AvgIpc) is 3.56. The van der Waals surface area contributed by atoms with Crippen LogP contribution in [-0.2, 0) is 14.4 Å². The molecule has 34 heavy (non-hydrogen) atoms. The second-order valence-electron chi connectivity index (χ2n) is 8.73. The molecule has 3 N–H and O–H groups in total. The molecule has 1 aliphatic carbocycles. The Balaban J connectivity index is 1.42. The van der Waals surface area contributed by atoms with Crippen molar-refractivity contribution in [2.45, 2.75) is 44.6 Å². The Labute approximate surface area is 197 Å². The van der Waals surface area contributed by atoms with E-state index >= 15 is 0 Å². The lowest BCUT2D eigenvalue weighted by Gasteiger charge is -2.29. The largest absolute Gasteiger partial charge is 0.322 e. The Kier molecular flexibility index (Phi) is 7.76. The van der Waals surface area contributed by atoms with E-state index in [-0.39, 0.29) is 18.4 Å². The summed E-state index contributed by atoms with van der Waals surface area (Å²) in [6.45, 7) is 0.361. The van der Waals surface area contributed by atoms with Gasteiger partial charge in [-0.05, 0) is 30.9 Å². The summed E-state index contributed by atoms with van der Waals surface area (Å²) in [6.07, 6.45) is 10.3. The minimum absolute atomic E-state index is 0.103. The summed E-state index contributed by atoms with van der Waals surface area (Å²) in [5.41, 5.74) is 4.03. The normalized spacial score (nSPS) is 19.1. The molecule has 0 spiro atoms. The maximum atomic E-state index is 13.4. The van der Waals surface area contributed by atoms with Crippen LogP contribution in [-0.4, -0.2) is 67.6 Å². The third-order valence-corrected chi connectivity index (χ3v) is 6.34. The number of carbonyl (C=O) groups excluding carboxylic acids is 3. The van der Waals surface area contributed by atoms with Gasteiger partial charge in [0.15, 0.2) is 5.82 Å². The Hall–Kier alpha value is -3.44. The summed E-state index contributed by atoms with van der Waals surface area (Å²) in [6, 6.07) is 4.71. The molecule has 2 fully saturated rings. The first-order chi connectivity index (χ1) is 16.5. The minimum Gasteiger partial charge on any atom is -0.322 e. The van der Waals surface area contributed by atoms with Crippen LogP contribution in [0.1, 0.15) is 38.5 Å². The number of nitrogens with one attached hydrogen (secondary N) is 2. The summed E-state index contributed by atoms with van der Waals surface area (Å²) in [5, 5.41) is 14.4. The van der Waals surface area contributed by atoms with Crippen molar-refractivity contribution in [1.82, 2.24) is 30.4 Å². The van der Waals surface area contributed by atoms with E-state index in [4.69, 9.17) is 0 Å². The van der Waals surface area contributed by atoms with Crippen molar-refractivity contribution < 1.29 is 19.6 Å². The summed E-state index contributed by atoms with van der Waals surface area (Å²) < 4.78 is 0. The van der Waals surface area contributed by atoms with Crippen molar-refractivity contribution in [3.63, 3.8) is 0 Å². The molecule has 11 nitrogen and oxygen atoms in total. The number of aromatic nitrogens is 3. The molecular formula is C23H29N7O4. The van der Waals surface area contributed by atoms with Crippen LogP contribution in [0.3, 0.4) is 0 Å². The van der Waals surface area contributed by atoms with Crippen LogP contribution in [0.25, 0.3) is 11.5 Å². The highest BCUT2D eigenvalue weighted by Gasteiger charge is 2.39. The highest BCUT2D eigenvalue weighted by Crippen LogP contribution is 2.31. The number of pyridine rings is 1. The minimum atomic E-state index is -0.725. The molecule has 3 amide bonds. The molecule has 1 saturated heterocycles. The van der Waals surface area contributed by atoms with E-state index in [1.54, 1.807) is 18.3 Å². The molecule has 2 aliphatic rings. The first kappa shape index (κ1) is 23.7. The first-order valence-corrected chi connectivity index (χ1v) is 11.6. The van der Waals surface area contributed by atoms with Crippen molar-refractivity contribution in [3.8, 4) is 11.5 Å². The Bertz CT molecular complexity index is 983. The van der Waals surface area contributed by atoms with Gasteiger partial charge in [-0.2, -0.15) is 0 Å². The zero-order valence-corrected chi connectivity index (χ0v) is 18.8. The summed E-state index contributed by atoms with van der Waals surface area (Å²) in [7, 11) is 0. The predicted octanol–water partition coefficient (Wildman–Crippen LogP) is 1.63. The van der Waals surface area contributed by atoms with E-state index in [0.717, 1.165) is 25.7 Å². The molecule has 0 radical (unpaired) electrons. The molecule has 3 heterocycles. The van der Waals surface area contributed by atoms with Crippen molar-refractivity contribution in [2.75, 3.05) is 18.4 Å². The third-order valence-electron chi connectivity index (χ3n) is 6.34. The van der Waals surface area contributed by atoms with Crippen LogP contribution in [0, 0.1) is 11.8 Å². The molecule has 2 aromatic rings. The number of hydroxylamine groups is 2. The van der Waals surface area contributed by atoms with Gasteiger partial charge < -0.3 is 5.32 Å².